The molecule has 6 nitrogen and oxygen atoms in total. The highest BCUT2D eigenvalue weighted by molar-refractivity contribution is 6.03. The fourth-order valence-electron chi connectivity index (χ4n) is 3.27. The number of hydrogen-bond donors (Lipinski definition) is 2. The maximum Gasteiger partial charge on any atom is 0.262 e. The van der Waals surface area contributed by atoms with Gasteiger partial charge in [0.2, 0.25) is 0 Å². The van der Waals surface area contributed by atoms with E-state index in [1.807, 2.05) is 63.2 Å². The third-order valence-electron chi connectivity index (χ3n) is 4.87. The number of hydrazone groups is 1. The number of ether oxygens (including phenoxy) is 1. The second-order valence-corrected chi connectivity index (χ2v) is 7.43. The van der Waals surface area contributed by atoms with E-state index in [0.29, 0.717) is 12.2 Å². The second kappa shape index (κ2) is 10.4. The van der Waals surface area contributed by atoms with Crippen molar-refractivity contribution in [3.8, 4) is 5.75 Å². The van der Waals surface area contributed by atoms with Gasteiger partial charge >= 0.3 is 0 Å². The summed E-state index contributed by atoms with van der Waals surface area (Å²) in [5.41, 5.74) is 3.92. The second-order valence-electron chi connectivity index (χ2n) is 7.43. The van der Waals surface area contributed by atoms with Crippen LogP contribution in [0.2, 0.25) is 0 Å². The Labute approximate surface area is 182 Å². The van der Waals surface area contributed by atoms with Gasteiger partial charge in [-0.25, -0.2) is 5.43 Å². The molecule has 0 bridgehead atoms. The highest BCUT2D eigenvalue weighted by atomic mass is 16.5. The van der Waals surface area contributed by atoms with Gasteiger partial charge in [0.05, 0.1) is 12.8 Å². The SMILES string of the molecule is CCOc1ccc(C=NNC(=O)C(NC(=O)c2ccccc2)C(C)C)c2ccccc12. The number of benzene rings is 3. The molecule has 0 aliphatic rings. The van der Waals surface area contributed by atoms with Crippen molar-refractivity contribution in [2.24, 2.45) is 11.0 Å². The maximum atomic E-state index is 12.7. The largest absolute Gasteiger partial charge is 0.493 e. The third-order valence-corrected chi connectivity index (χ3v) is 4.87. The van der Waals surface area contributed by atoms with Crippen LogP contribution in [0.15, 0.2) is 71.8 Å². The maximum absolute atomic E-state index is 12.7. The number of amides is 2. The molecule has 0 saturated carbocycles. The van der Waals surface area contributed by atoms with Crippen molar-refractivity contribution in [3.05, 3.63) is 77.9 Å². The van der Waals surface area contributed by atoms with Crippen molar-refractivity contribution in [3.63, 3.8) is 0 Å². The average molecular weight is 418 g/mol. The van der Waals surface area contributed by atoms with Crippen LogP contribution in [0.1, 0.15) is 36.7 Å². The van der Waals surface area contributed by atoms with E-state index < -0.39 is 6.04 Å². The fourth-order valence-corrected chi connectivity index (χ4v) is 3.27. The summed E-state index contributed by atoms with van der Waals surface area (Å²) in [5.74, 6) is 0.0404. The smallest absolute Gasteiger partial charge is 0.262 e. The van der Waals surface area contributed by atoms with Crippen LogP contribution in [-0.4, -0.2) is 30.7 Å². The van der Waals surface area contributed by atoms with Crippen molar-refractivity contribution in [1.29, 1.82) is 0 Å². The number of rotatable bonds is 8. The molecular weight excluding hydrogens is 390 g/mol. The molecule has 6 heteroatoms. The molecule has 2 amide bonds. The van der Waals surface area contributed by atoms with E-state index in [1.54, 1.807) is 30.5 Å². The molecule has 3 rings (SSSR count). The number of nitrogens with zero attached hydrogens (tertiary/aromatic N) is 1. The molecule has 0 aliphatic carbocycles. The molecule has 31 heavy (non-hydrogen) atoms. The monoisotopic (exact) mass is 417 g/mol. The third kappa shape index (κ3) is 5.48. The molecule has 0 heterocycles. The van der Waals surface area contributed by atoms with E-state index in [4.69, 9.17) is 4.74 Å². The van der Waals surface area contributed by atoms with E-state index in [2.05, 4.69) is 15.8 Å². The first-order chi connectivity index (χ1) is 15.0. The molecule has 0 spiro atoms. The van der Waals surface area contributed by atoms with E-state index >= 15 is 0 Å². The first-order valence-corrected chi connectivity index (χ1v) is 10.3. The Hall–Kier alpha value is -3.67. The number of nitrogens with one attached hydrogen (secondary N) is 2. The lowest BCUT2D eigenvalue weighted by Gasteiger charge is -2.20. The lowest BCUT2D eigenvalue weighted by atomic mass is 10.0. The van der Waals surface area contributed by atoms with Gasteiger partial charge in [-0.2, -0.15) is 5.10 Å². The van der Waals surface area contributed by atoms with E-state index in [0.717, 1.165) is 22.1 Å². The number of carbonyl (C=O) groups excluding carboxylic acids is 2. The van der Waals surface area contributed by atoms with Crippen molar-refractivity contribution in [2.45, 2.75) is 26.8 Å². The van der Waals surface area contributed by atoms with Crippen LogP contribution in [0.3, 0.4) is 0 Å². The van der Waals surface area contributed by atoms with Gasteiger partial charge in [0, 0.05) is 16.5 Å². The summed E-state index contributed by atoms with van der Waals surface area (Å²) in [6.45, 7) is 6.28. The zero-order valence-electron chi connectivity index (χ0n) is 18.0. The number of hydrogen-bond acceptors (Lipinski definition) is 4. The molecule has 0 fully saturated rings. The Balaban J connectivity index is 1.72. The summed E-state index contributed by atoms with van der Waals surface area (Å²) >= 11 is 0. The van der Waals surface area contributed by atoms with E-state index in [-0.39, 0.29) is 17.7 Å². The van der Waals surface area contributed by atoms with Gasteiger partial charge in [0.1, 0.15) is 11.8 Å². The molecule has 0 saturated heterocycles. The van der Waals surface area contributed by atoms with Gasteiger partial charge in [-0.1, -0.05) is 56.3 Å². The summed E-state index contributed by atoms with van der Waals surface area (Å²) in [4.78, 5) is 25.1. The summed E-state index contributed by atoms with van der Waals surface area (Å²) < 4.78 is 5.69. The van der Waals surface area contributed by atoms with Crippen LogP contribution < -0.4 is 15.5 Å². The summed E-state index contributed by atoms with van der Waals surface area (Å²) in [7, 11) is 0. The predicted molar refractivity (Wildman–Crippen MR) is 123 cm³/mol. The van der Waals surface area contributed by atoms with E-state index in [1.165, 1.54) is 0 Å². The van der Waals surface area contributed by atoms with Gasteiger partial charge in [-0.05, 0) is 42.5 Å². The summed E-state index contributed by atoms with van der Waals surface area (Å²) in [6.07, 6.45) is 1.60. The molecule has 2 N–H and O–H groups in total. The van der Waals surface area contributed by atoms with Gasteiger partial charge in [0.15, 0.2) is 0 Å². The van der Waals surface area contributed by atoms with Crippen LogP contribution >= 0.6 is 0 Å². The lowest BCUT2D eigenvalue weighted by Crippen LogP contribution is -2.48. The van der Waals surface area contributed by atoms with Gasteiger partial charge < -0.3 is 10.1 Å². The van der Waals surface area contributed by atoms with Gasteiger partial charge in [-0.15, -0.1) is 0 Å². The highest BCUT2D eigenvalue weighted by Gasteiger charge is 2.24. The molecule has 1 unspecified atom stereocenters. The van der Waals surface area contributed by atoms with Crippen LogP contribution in [0.25, 0.3) is 10.8 Å². The highest BCUT2D eigenvalue weighted by Crippen LogP contribution is 2.27. The topological polar surface area (TPSA) is 79.8 Å². The van der Waals surface area contributed by atoms with Crippen molar-refractivity contribution in [1.82, 2.24) is 10.7 Å². The summed E-state index contributed by atoms with van der Waals surface area (Å²) in [5, 5.41) is 8.88. The van der Waals surface area contributed by atoms with E-state index in [9.17, 15) is 9.59 Å². The molecular formula is C25H27N3O3. The Bertz CT molecular complexity index is 1080. The molecule has 0 aromatic heterocycles. The molecule has 1 atom stereocenters. The first kappa shape index (κ1) is 22.0. The molecule has 160 valence electrons. The van der Waals surface area contributed by atoms with Crippen LogP contribution in [0, 0.1) is 5.92 Å². The van der Waals surface area contributed by atoms with Crippen molar-refractivity contribution >= 4 is 28.8 Å². The standard InChI is InChI=1S/C25H27N3O3/c1-4-31-22-15-14-19(20-12-8-9-13-21(20)22)16-26-28-25(30)23(17(2)3)27-24(29)18-10-6-5-7-11-18/h5-17,23H,4H2,1-3H3,(H,27,29)(H,28,30). The molecule has 3 aromatic carbocycles. The molecule has 0 aliphatic heterocycles. The van der Waals surface area contributed by atoms with Crippen LogP contribution in [-0.2, 0) is 4.79 Å². The van der Waals surface area contributed by atoms with Crippen molar-refractivity contribution < 1.29 is 14.3 Å². The minimum atomic E-state index is -0.707. The Morgan fingerprint density at radius 2 is 1.65 bits per heavy atom. The van der Waals surface area contributed by atoms with Gasteiger partial charge in [-0.3, -0.25) is 9.59 Å². The summed E-state index contributed by atoms with van der Waals surface area (Å²) in [6, 6.07) is 19.8. The number of carbonyl (C=O) groups is 2. The predicted octanol–water partition coefficient (Wildman–Crippen LogP) is 4.14. The minimum Gasteiger partial charge on any atom is -0.493 e. The zero-order valence-corrected chi connectivity index (χ0v) is 18.0. The Morgan fingerprint density at radius 3 is 2.32 bits per heavy atom. The first-order valence-electron chi connectivity index (χ1n) is 10.3. The van der Waals surface area contributed by atoms with Crippen LogP contribution in [0.4, 0.5) is 0 Å². The fraction of sp³-hybridized carbons (Fsp3) is 0.240. The Morgan fingerprint density at radius 1 is 0.968 bits per heavy atom. The zero-order chi connectivity index (χ0) is 22.2. The minimum absolute atomic E-state index is 0.103. The normalized spacial score (nSPS) is 12.1. The lowest BCUT2D eigenvalue weighted by molar-refractivity contribution is -0.123. The average Bonchev–Trinajstić information content (AvgIpc) is 2.79. The van der Waals surface area contributed by atoms with Gasteiger partial charge in [0.25, 0.3) is 11.8 Å². The van der Waals surface area contributed by atoms with Crippen molar-refractivity contribution in [2.75, 3.05) is 6.61 Å². The quantitative estimate of drug-likeness (QED) is 0.427. The molecule has 0 radical (unpaired) electrons. The Kier molecular flexibility index (Phi) is 7.38. The number of fused-ring (bicyclic) bond motifs is 1. The molecule has 3 aromatic rings. The van der Waals surface area contributed by atoms with Crippen LogP contribution in [0.5, 0.6) is 5.75 Å².